The summed E-state index contributed by atoms with van der Waals surface area (Å²) in [6.07, 6.45) is 3.85. The van der Waals surface area contributed by atoms with E-state index in [4.69, 9.17) is 18.0 Å². The smallest absolute Gasteiger partial charge is 0.171 e. The summed E-state index contributed by atoms with van der Waals surface area (Å²) in [5, 5.41) is 0.283. The lowest BCUT2D eigenvalue weighted by Gasteiger charge is -2.20. The normalized spacial score (nSPS) is 14.3. The molecule has 0 aromatic heterocycles. The second kappa shape index (κ2) is 5.30. The molecule has 0 amide bonds. The molecule has 3 nitrogen and oxygen atoms in total. The van der Waals surface area contributed by atoms with Crippen LogP contribution in [0.2, 0.25) is 0 Å². The third-order valence-electron chi connectivity index (χ3n) is 2.79. The van der Waals surface area contributed by atoms with E-state index < -0.39 is 11.6 Å². The van der Waals surface area contributed by atoms with Crippen molar-refractivity contribution in [3.8, 4) is 0 Å². The molecule has 0 aliphatic carbocycles. The molecule has 1 aromatic rings. The summed E-state index contributed by atoms with van der Waals surface area (Å²) in [7, 11) is 0. The van der Waals surface area contributed by atoms with E-state index in [0.717, 1.165) is 0 Å². The number of hydrogen-bond donors (Lipinski definition) is 1. The molecule has 96 valence electrons. The predicted octanol–water partition coefficient (Wildman–Crippen LogP) is 1.80. The maximum Gasteiger partial charge on any atom is 0.171 e. The first-order chi connectivity index (χ1) is 8.58. The summed E-state index contributed by atoms with van der Waals surface area (Å²) in [6.45, 7) is 1.03. The van der Waals surface area contributed by atoms with Crippen molar-refractivity contribution < 1.29 is 8.78 Å². The van der Waals surface area contributed by atoms with Crippen LogP contribution in [0.3, 0.4) is 0 Å². The van der Waals surface area contributed by atoms with Gasteiger partial charge in [-0.2, -0.15) is 0 Å². The lowest BCUT2D eigenvalue weighted by Crippen LogP contribution is -2.34. The molecule has 0 spiro atoms. The van der Waals surface area contributed by atoms with Crippen molar-refractivity contribution in [2.45, 2.75) is 6.42 Å². The highest BCUT2D eigenvalue weighted by atomic mass is 32.1. The molecule has 2 rings (SSSR count). The third kappa shape index (κ3) is 2.76. The Balaban J connectivity index is 1.94. The van der Waals surface area contributed by atoms with Crippen molar-refractivity contribution >= 4 is 17.3 Å². The summed E-state index contributed by atoms with van der Waals surface area (Å²) < 4.78 is 26.8. The first kappa shape index (κ1) is 12.8. The number of halogens is 2. The van der Waals surface area contributed by atoms with Crippen LogP contribution in [0.1, 0.15) is 5.56 Å². The van der Waals surface area contributed by atoms with Crippen LogP contribution >= 0.6 is 12.2 Å². The number of hydrogen-bond acceptors (Lipinski definition) is 2. The van der Waals surface area contributed by atoms with Crippen molar-refractivity contribution in [1.82, 2.24) is 9.80 Å². The Hall–Kier alpha value is -1.69. The molecule has 18 heavy (non-hydrogen) atoms. The first-order valence-corrected chi connectivity index (χ1v) is 5.90. The highest BCUT2D eigenvalue weighted by Gasteiger charge is 2.15. The molecule has 1 aliphatic heterocycles. The molecule has 1 aliphatic rings. The van der Waals surface area contributed by atoms with E-state index in [1.807, 2.05) is 4.90 Å². The zero-order valence-corrected chi connectivity index (χ0v) is 10.5. The molecule has 0 saturated heterocycles. The minimum atomic E-state index is -0.510. The Kier molecular flexibility index (Phi) is 3.76. The van der Waals surface area contributed by atoms with Crippen molar-refractivity contribution in [3.63, 3.8) is 0 Å². The standard InChI is InChI=1S/C12H13F2N3S/c13-10-2-1-3-11(14)9(10)4-5-16-6-7-17(8-16)12(15)18/h1-3,6-7H,4-5,8H2,(H2,15,18). The van der Waals surface area contributed by atoms with Gasteiger partial charge in [0.05, 0.1) is 6.67 Å². The molecule has 0 radical (unpaired) electrons. The van der Waals surface area contributed by atoms with Crippen LogP contribution in [0.15, 0.2) is 30.6 Å². The molecule has 1 aromatic carbocycles. The molecule has 6 heteroatoms. The Morgan fingerprint density at radius 1 is 1.28 bits per heavy atom. The maximum atomic E-state index is 13.4. The molecule has 0 bridgehead atoms. The monoisotopic (exact) mass is 269 g/mol. The topological polar surface area (TPSA) is 32.5 Å². The Morgan fingerprint density at radius 2 is 1.94 bits per heavy atom. The predicted molar refractivity (Wildman–Crippen MR) is 69.4 cm³/mol. The van der Waals surface area contributed by atoms with Crippen molar-refractivity contribution in [1.29, 1.82) is 0 Å². The highest BCUT2D eigenvalue weighted by molar-refractivity contribution is 7.80. The summed E-state index contributed by atoms with van der Waals surface area (Å²) in [6, 6.07) is 3.89. The molecule has 2 N–H and O–H groups in total. The van der Waals surface area contributed by atoms with Crippen LogP contribution in [0.25, 0.3) is 0 Å². The lowest BCUT2D eigenvalue weighted by molar-refractivity contribution is 0.331. The fraction of sp³-hybridized carbons (Fsp3) is 0.250. The minimum absolute atomic E-state index is 0.111. The van der Waals surface area contributed by atoms with Gasteiger partial charge >= 0.3 is 0 Å². The van der Waals surface area contributed by atoms with Crippen LogP contribution in [0, 0.1) is 11.6 Å². The number of rotatable bonds is 3. The molecule has 0 unspecified atom stereocenters. The minimum Gasteiger partial charge on any atom is -0.376 e. The summed E-state index contributed by atoms with van der Waals surface area (Å²) >= 11 is 4.83. The number of nitrogens with zero attached hydrogens (tertiary/aromatic N) is 2. The van der Waals surface area contributed by atoms with Crippen LogP contribution in [0.4, 0.5) is 8.78 Å². The summed E-state index contributed by atoms with van der Waals surface area (Å²) in [4.78, 5) is 3.58. The Labute approximate surface area is 109 Å². The number of thiocarbonyl (C=S) groups is 1. The van der Waals surface area contributed by atoms with E-state index in [0.29, 0.717) is 19.6 Å². The largest absolute Gasteiger partial charge is 0.376 e. The van der Waals surface area contributed by atoms with Gasteiger partial charge in [0.2, 0.25) is 0 Å². The van der Waals surface area contributed by atoms with Gasteiger partial charge in [-0.1, -0.05) is 6.07 Å². The first-order valence-electron chi connectivity index (χ1n) is 5.49. The zero-order valence-electron chi connectivity index (χ0n) is 9.64. The van der Waals surface area contributed by atoms with Crippen LogP contribution < -0.4 is 5.73 Å². The van der Waals surface area contributed by atoms with Gasteiger partial charge in [-0.15, -0.1) is 0 Å². The quantitative estimate of drug-likeness (QED) is 0.848. The van der Waals surface area contributed by atoms with E-state index in [2.05, 4.69) is 0 Å². The van der Waals surface area contributed by atoms with Gasteiger partial charge in [-0.3, -0.25) is 0 Å². The maximum absolute atomic E-state index is 13.4. The van der Waals surface area contributed by atoms with Gasteiger partial charge < -0.3 is 15.5 Å². The van der Waals surface area contributed by atoms with Crippen LogP contribution in [0.5, 0.6) is 0 Å². The summed E-state index contributed by atoms with van der Waals surface area (Å²) in [5.74, 6) is -1.02. The zero-order chi connectivity index (χ0) is 13.1. The molecule has 0 saturated carbocycles. The van der Waals surface area contributed by atoms with Crippen molar-refractivity contribution in [2.75, 3.05) is 13.2 Å². The summed E-state index contributed by atoms with van der Waals surface area (Å²) in [5.41, 5.74) is 5.59. The van der Waals surface area contributed by atoms with Crippen LogP contribution in [-0.2, 0) is 6.42 Å². The number of nitrogens with two attached hydrogens (primary N) is 1. The fourth-order valence-corrected chi connectivity index (χ4v) is 1.90. The molecule has 0 fully saturated rings. The average molecular weight is 269 g/mol. The van der Waals surface area contributed by atoms with E-state index in [1.165, 1.54) is 18.2 Å². The van der Waals surface area contributed by atoms with E-state index >= 15 is 0 Å². The van der Waals surface area contributed by atoms with Gasteiger partial charge in [0, 0.05) is 24.5 Å². The van der Waals surface area contributed by atoms with E-state index in [-0.39, 0.29) is 10.7 Å². The third-order valence-corrected chi connectivity index (χ3v) is 3.02. The Bertz CT molecular complexity index is 470. The molecule has 1 heterocycles. The molecule has 0 atom stereocenters. The number of benzene rings is 1. The van der Waals surface area contributed by atoms with E-state index in [9.17, 15) is 8.78 Å². The average Bonchev–Trinajstić information content (AvgIpc) is 2.77. The van der Waals surface area contributed by atoms with Crippen LogP contribution in [-0.4, -0.2) is 28.1 Å². The van der Waals surface area contributed by atoms with E-state index in [1.54, 1.807) is 17.3 Å². The van der Waals surface area contributed by atoms with Gasteiger partial charge in [-0.25, -0.2) is 8.78 Å². The second-order valence-electron chi connectivity index (χ2n) is 4.01. The lowest BCUT2D eigenvalue weighted by atomic mass is 10.1. The highest BCUT2D eigenvalue weighted by Crippen LogP contribution is 2.14. The van der Waals surface area contributed by atoms with Gasteiger partial charge in [0.1, 0.15) is 11.6 Å². The SMILES string of the molecule is NC(=S)N1C=CN(CCc2c(F)cccc2F)C1. The van der Waals surface area contributed by atoms with Gasteiger partial charge in [0.15, 0.2) is 5.11 Å². The van der Waals surface area contributed by atoms with Crippen molar-refractivity contribution in [3.05, 3.63) is 47.8 Å². The van der Waals surface area contributed by atoms with Crippen molar-refractivity contribution in [2.24, 2.45) is 5.73 Å². The second-order valence-corrected chi connectivity index (χ2v) is 4.43. The van der Waals surface area contributed by atoms with Gasteiger partial charge in [0.25, 0.3) is 0 Å². The molecular formula is C12H13F2N3S. The Morgan fingerprint density at radius 3 is 2.50 bits per heavy atom. The van der Waals surface area contributed by atoms with Gasteiger partial charge in [-0.05, 0) is 30.8 Å². The fourth-order valence-electron chi connectivity index (χ4n) is 1.78. The molecular weight excluding hydrogens is 256 g/mol.